The monoisotopic (exact) mass is 170 g/mol. The number of anilines is 1. The number of nitro groups is 1. The largest absolute Gasteiger partial charge is 0.506 e. The number of phenolic OH excluding ortho intramolecular Hbond substituents is 2. The van der Waals surface area contributed by atoms with Crippen molar-refractivity contribution in [2.75, 3.05) is 5.73 Å². The van der Waals surface area contributed by atoms with Crippen molar-refractivity contribution in [1.29, 1.82) is 0 Å². The maximum atomic E-state index is 10.2. The Kier molecular flexibility index (Phi) is 1.74. The van der Waals surface area contributed by atoms with Crippen molar-refractivity contribution >= 4 is 11.4 Å². The van der Waals surface area contributed by atoms with E-state index in [0.29, 0.717) is 0 Å². The van der Waals surface area contributed by atoms with Crippen LogP contribution in [0.4, 0.5) is 11.4 Å². The Hall–Kier alpha value is -1.98. The van der Waals surface area contributed by atoms with Gasteiger partial charge in [0.15, 0.2) is 11.4 Å². The van der Waals surface area contributed by atoms with Crippen LogP contribution in [0.2, 0.25) is 0 Å². The van der Waals surface area contributed by atoms with Gasteiger partial charge in [-0.15, -0.1) is 0 Å². The highest BCUT2D eigenvalue weighted by Gasteiger charge is 2.20. The number of nitrogen functional groups attached to an aromatic ring is 1. The first-order chi connectivity index (χ1) is 5.54. The third kappa shape index (κ3) is 1.09. The maximum Gasteiger partial charge on any atom is 0.337 e. The van der Waals surface area contributed by atoms with E-state index in [2.05, 4.69) is 0 Å². The highest BCUT2D eigenvalue weighted by Crippen LogP contribution is 2.37. The van der Waals surface area contributed by atoms with Crippen LogP contribution in [0.1, 0.15) is 0 Å². The van der Waals surface area contributed by atoms with Gasteiger partial charge in [-0.05, 0) is 12.1 Å². The molecule has 0 aliphatic rings. The molecule has 0 aromatic heterocycles. The number of benzene rings is 1. The summed E-state index contributed by atoms with van der Waals surface area (Å²) in [6.45, 7) is 0. The molecule has 0 radical (unpaired) electrons. The molecule has 1 aromatic carbocycles. The second-order valence-electron chi connectivity index (χ2n) is 2.12. The zero-order valence-corrected chi connectivity index (χ0v) is 5.89. The first kappa shape index (κ1) is 8.12. The molecule has 6 nitrogen and oxygen atoms in total. The number of nitrogens with zero attached hydrogens (tertiary/aromatic N) is 1. The molecule has 0 unspecified atom stereocenters. The highest BCUT2D eigenvalue weighted by molar-refractivity contribution is 5.71. The summed E-state index contributed by atoms with van der Waals surface area (Å²) in [6.07, 6.45) is 0. The second kappa shape index (κ2) is 2.57. The molecule has 0 saturated carbocycles. The molecule has 0 saturated heterocycles. The van der Waals surface area contributed by atoms with E-state index in [1.54, 1.807) is 0 Å². The Morgan fingerprint density at radius 3 is 2.25 bits per heavy atom. The molecular formula is C6H6N2O4. The average Bonchev–Trinajstić information content (AvgIpc) is 1.97. The van der Waals surface area contributed by atoms with Crippen molar-refractivity contribution in [3.8, 4) is 11.5 Å². The minimum atomic E-state index is -0.857. The van der Waals surface area contributed by atoms with E-state index in [9.17, 15) is 10.1 Å². The van der Waals surface area contributed by atoms with E-state index in [0.717, 1.165) is 12.1 Å². The van der Waals surface area contributed by atoms with Crippen molar-refractivity contribution in [2.24, 2.45) is 0 Å². The second-order valence-corrected chi connectivity index (χ2v) is 2.12. The molecule has 6 heteroatoms. The van der Waals surface area contributed by atoms with Crippen LogP contribution < -0.4 is 5.73 Å². The summed E-state index contributed by atoms with van der Waals surface area (Å²) < 4.78 is 0. The van der Waals surface area contributed by atoms with Gasteiger partial charge in [-0.25, -0.2) is 0 Å². The standard InChI is InChI=1S/C6H6N2O4/c7-5-3(9)1-2-4(10)6(5)8(11)12/h1-2,9-10H,7H2. The first-order valence-electron chi connectivity index (χ1n) is 2.99. The van der Waals surface area contributed by atoms with Crippen LogP contribution in [0.5, 0.6) is 11.5 Å². The Balaban J connectivity index is 3.43. The Bertz CT molecular complexity index is 337. The van der Waals surface area contributed by atoms with Crippen LogP contribution in [-0.4, -0.2) is 15.1 Å². The fourth-order valence-corrected chi connectivity index (χ4v) is 0.778. The topological polar surface area (TPSA) is 110 Å². The predicted molar refractivity (Wildman–Crippen MR) is 40.8 cm³/mol. The Morgan fingerprint density at radius 2 is 1.83 bits per heavy atom. The number of nitrogens with two attached hydrogens (primary N) is 1. The molecule has 64 valence electrons. The van der Waals surface area contributed by atoms with Gasteiger partial charge in [-0.1, -0.05) is 0 Å². The van der Waals surface area contributed by atoms with Crippen molar-refractivity contribution in [3.05, 3.63) is 22.2 Å². The lowest BCUT2D eigenvalue weighted by molar-refractivity contribution is -0.384. The van der Waals surface area contributed by atoms with E-state index >= 15 is 0 Å². The fourth-order valence-electron chi connectivity index (χ4n) is 0.778. The lowest BCUT2D eigenvalue weighted by Crippen LogP contribution is -1.95. The lowest BCUT2D eigenvalue weighted by atomic mass is 10.2. The number of hydrogen-bond donors (Lipinski definition) is 3. The van der Waals surface area contributed by atoms with Gasteiger partial charge < -0.3 is 15.9 Å². The smallest absolute Gasteiger partial charge is 0.337 e. The third-order valence-electron chi connectivity index (χ3n) is 1.36. The zero-order valence-electron chi connectivity index (χ0n) is 5.89. The van der Waals surface area contributed by atoms with Gasteiger partial charge in [0.1, 0.15) is 5.75 Å². The molecule has 1 rings (SSSR count). The summed E-state index contributed by atoms with van der Waals surface area (Å²) in [5.41, 5.74) is 4.03. The van der Waals surface area contributed by atoms with Crippen LogP contribution in [0.15, 0.2) is 12.1 Å². The molecule has 12 heavy (non-hydrogen) atoms. The Labute approximate surface area is 67.0 Å². The molecule has 0 aliphatic carbocycles. The van der Waals surface area contributed by atoms with Gasteiger partial charge >= 0.3 is 5.69 Å². The summed E-state index contributed by atoms with van der Waals surface area (Å²) in [6, 6.07) is 2.08. The normalized spacial score (nSPS) is 9.67. The van der Waals surface area contributed by atoms with Crippen molar-refractivity contribution in [3.63, 3.8) is 0 Å². The molecule has 0 fully saturated rings. The summed E-state index contributed by atoms with van der Waals surface area (Å²) >= 11 is 0. The summed E-state index contributed by atoms with van der Waals surface area (Å²) in [5, 5.41) is 28.1. The van der Waals surface area contributed by atoms with Crippen LogP contribution in [0.25, 0.3) is 0 Å². The number of aromatic hydroxyl groups is 2. The zero-order chi connectivity index (χ0) is 9.30. The van der Waals surface area contributed by atoms with Crippen molar-refractivity contribution in [1.82, 2.24) is 0 Å². The fraction of sp³-hybridized carbons (Fsp3) is 0. The number of rotatable bonds is 1. The minimum Gasteiger partial charge on any atom is -0.506 e. The van der Waals surface area contributed by atoms with Crippen LogP contribution in [0, 0.1) is 10.1 Å². The average molecular weight is 170 g/mol. The molecular weight excluding hydrogens is 164 g/mol. The summed E-state index contributed by atoms with van der Waals surface area (Å²) in [4.78, 5) is 9.39. The van der Waals surface area contributed by atoms with E-state index in [1.807, 2.05) is 0 Å². The molecule has 1 aromatic rings. The maximum absolute atomic E-state index is 10.2. The van der Waals surface area contributed by atoms with Gasteiger partial charge in [-0.3, -0.25) is 10.1 Å². The molecule has 0 atom stereocenters. The molecule has 0 aliphatic heterocycles. The number of hydrogen-bond acceptors (Lipinski definition) is 5. The predicted octanol–water partition coefficient (Wildman–Crippen LogP) is 0.588. The van der Waals surface area contributed by atoms with Gasteiger partial charge in [-0.2, -0.15) is 0 Å². The van der Waals surface area contributed by atoms with Gasteiger partial charge in [0.2, 0.25) is 0 Å². The molecule has 0 heterocycles. The number of phenols is 2. The lowest BCUT2D eigenvalue weighted by Gasteiger charge is -2.00. The van der Waals surface area contributed by atoms with E-state index in [1.165, 1.54) is 0 Å². The third-order valence-corrected chi connectivity index (χ3v) is 1.36. The molecule has 0 bridgehead atoms. The van der Waals surface area contributed by atoms with Crippen molar-refractivity contribution < 1.29 is 15.1 Å². The van der Waals surface area contributed by atoms with Crippen LogP contribution in [0.3, 0.4) is 0 Å². The summed E-state index contributed by atoms with van der Waals surface area (Å²) in [7, 11) is 0. The SMILES string of the molecule is Nc1c(O)ccc(O)c1[N+](=O)[O-]. The van der Waals surface area contributed by atoms with E-state index in [4.69, 9.17) is 15.9 Å². The number of nitro benzene ring substituents is 1. The van der Waals surface area contributed by atoms with Gasteiger partial charge in [0.05, 0.1) is 4.92 Å². The van der Waals surface area contributed by atoms with E-state index in [-0.39, 0.29) is 0 Å². The highest BCUT2D eigenvalue weighted by atomic mass is 16.6. The van der Waals surface area contributed by atoms with E-state index < -0.39 is 27.8 Å². The Morgan fingerprint density at radius 1 is 1.33 bits per heavy atom. The molecule has 4 N–H and O–H groups in total. The molecule has 0 amide bonds. The van der Waals surface area contributed by atoms with Crippen LogP contribution in [-0.2, 0) is 0 Å². The van der Waals surface area contributed by atoms with Gasteiger partial charge in [0, 0.05) is 0 Å². The first-order valence-corrected chi connectivity index (χ1v) is 2.99. The van der Waals surface area contributed by atoms with Crippen LogP contribution >= 0.6 is 0 Å². The molecule has 0 spiro atoms. The quantitative estimate of drug-likeness (QED) is 0.188. The summed E-state index contributed by atoms with van der Waals surface area (Å²) in [5.74, 6) is -0.977. The minimum absolute atomic E-state index is 0.417. The van der Waals surface area contributed by atoms with Crippen molar-refractivity contribution in [2.45, 2.75) is 0 Å². The van der Waals surface area contributed by atoms with Gasteiger partial charge in [0.25, 0.3) is 0 Å².